The first-order valence-electron chi connectivity index (χ1n) is 9.12. The molecule has 4 rings (SSSR count). The number of nitrogens with zero attached hydrogens (tertiary/aromatic N) is 1. The summed E-state index contributed by atoms with van der Waals surface area (Å²) in [6.45, 7) is 3.95. The van der Waals surface area contributed by atoms with Crippen molar-refractivity contribution >= 4 is 11.7 Å². The van der Waals surface area contributed by atoms with E-state index in [4.69, 9.17) is 14.2 Å². The molecule has 2 aromatic carbocycles. The number of rotatable bonds is 3. The molecule has 0 aromatic heterocycles. The van der Waals surface area contributed by atoms with Gasteiger partial charge in [0, 0.05) is 12.2 Å². The van der Waals surface area contributed by atoms with Gasteiger partial charge in [-0.15, -0.1) is 0 Å². The van der Waals surface area contributed by atoms with Crippen molar-refractivity contribution in [3.05, 3.63) is 52.6 Å². The molecule has 0 bridgehead atoms. The second-order valence-electron chi connectivity index (χ2n) is 6.93. The number of anilines is 1. The average molecular weight is 368 g/mol. The largest absolute Gasteiger partial charge is 0.493 e. The molecule has 2 amide bonds. The van der Waals surface area contributed by atoms with Crippen LogP contribution in [0.3, 0.4) is 0 Å². The Labute approximate surface area is 159 Å². The van der Waals surface area contributed by atoms with Gasteiger partial charge >= 0.3 is 6.03 Å². The van der Waals surface area contributed by atoms with Gasteiger partial charge < -0.3 is 24.4 Å². The molecule has 0 spiro atoms. The van der Waals surface area contributed by atoms with Crippen LogP contribution in [-0.2, 0) is 24.4 Å². The summed E-state index contributed by atoms with van der Waals surface area (Å²) in [5.74, 6) is 1.41. The summed E-state index contributed by atoms with van der Waals surface area (Å²) < 4.78 is 16.3. The molecule has 2 aliphatic rings. The zero-order valence-electron chi connectivity index (χ0n) is 15.9. The molecule has 2 heterocycles. The molecule has 0 radical (unpaired) electrons. The number of nitrogens with one attached hydrogen (secondary N) is 1. The first-order valence-corrected chi connectivity index (χ1v) is 9.12. The van der Waals surface area contributed by atoms with Gasteiger partial charge in [-0.05, 0) is 59.9 Å². The topological polar surface area (TPSA) is 60.0 Å². The SMILES string of the molecule is COc1cc2c(cc1OC)C(C)N(C(=O)Nc1ccc3c(c1)COC3)CC2. The van der Waals surface area contributed by atoms with E-state index in [0.29, 0.717) is 25.5 Å². The molecule has 6 heteroatoms. The van der Waals surface area contributed by atoms with Crippen molar-refractivity contribution in [3.63, 3.8) is 0 Å². The summed E-state index contributed by atoms with van der Waals surface area (Å²) in [7, 11) is 3.26. The van der Waals surface area contributed by atoms with Crippen LogP contribution in [-0.4, -0.2) is 31.7 Å². The normalized spacial score (nSPS) is 17.9. The lowest BCUT2D eigenvalue weighted by molar-refractivity contribution is 0.134. The molecule has 0 fully saturated rings. The van der Waals surface area contributed by atoms with Crippen LogP contribution in [0.5, 0.6) is 11.5 Å². The zero-order chi connectivity index (χ0) is 19.0. The third-order valence-electron chi connectivity index (χ3n) is 5.42. The number of fused-ring (bicyclic) bond motifs is 2. The second kappa shape index (κ2) is 7.12. The number of urea groups is 1. The maximum Gasteiger partial charge on any atom is 0.322 e. The number of carbonyl (C=O) groups is 1. The second-order valence-corrected chi connectivity index (χ2v) is 6.93. The van der Waals surface area contributed by atoms with E-state index in [1.165, 1.54) is 11.1 Å². The first kappa shape index (κ1) is 17.7. The molecule has 0 aliphatic carbocycles. The number of amides is 2. The van der Waals surface area contributed by atoms with Crippen LogP contribution in [0, 0.1) is 0 Å². The van der Waals surface area contributed by atoms with Gasteiger partial charge in [0.05, 0.1) is 33.5 Å². The van der Waals surface area contributed by atoms with Crippen molar-refractivity contribution in [2.75, 3.05) is 26.1 Å². The van der Waals surface area contributed by atoms with Gasteiger partial charge in [-0.1, -0.05) is 6.07 Å². The summed E-state index contributed by atoms with van der Waals surface area (Å²) in [6.07, 6.45) is 0.783. The van der Waals surface area contributed by atoms with E-state index in [0.717, 1.165) is 29.0 Å². The molecule has 1 atom stereocenters. The average Bonchev–Trinajstić information content (AvgIpc) is 3.15. The predicted octanol–water partition coefficient (Wildman–Crippen LogP) is 3.89. The highest BCUT2D eigenvalue weighted by atomic mass is 16.5. The quantitative estimate of drug-likeness (QED) is 0.893. The van der Waals surface area contributed by atoms with Crippen molar-refractivity contribution in [2.45, 2.75) is 32.6 Å². The number of hydrogen-bond donors (Lipinski definition) is 1. The number of benzene rings is 2. The summed E-state index contributed by atoms with van der Waals surface area (Å²) in [5.41, 5.74) is 5.42. The van der Waals surface area contributed by atoms with Crippen molar-refractivity contribution in [2.24, 2.45) is 0 Å². The Bertz CT molecular complexity index is 881. The van der Waals surface area contributed by atoms with E-state index >= 15 is 0 Å². The smallest absolute Gasteiger partial charge is 0.322 e. The molecule has 6 nitrogen and oxygen atoms in total. The fourth-order valence-electron chi connectivity index (χ4n) is 3.87. The molecule has 27 heavy (non-hydrogen) atoms. The Morgan fingerprint density at radius 3 is 2.59 bits per heavy atom. The minimum Gasteiger partial charge on any atom is -0.493 e. The number of ether oxygens (including phenoxy) is 3. The van der Waals surface area contributed by atoms with E-state index in [1.807, 2.05) is 42.2 Å². The molecule has 0 saturated heterocycles. The first-order chi connectivity index (χ1) is 13.1. The predicted molar refractivity (Wildman–Crippen MR) is 102 cm³/mol. The van der Waals surface area contributed by atoms with Gasteiger partial charge in [-0.2, -0.15) is 0 Å². The van der Waals surface area contributed by atoms with Crippen molar-refractivity contribution in [1.82, 2.24) is 4.90 Å². The molecule has 2 aromatic rings. The van der Waals surface area contributed by atoms with Crippen LogP contribution in [0.15, 0.2) is 30.3 Å². The van der Waals surface area contributed by atoms with Gasteiger partial charge in [0.2, 0.25) is 0 Å². The van der Waals surface area contributed by atoms with Gasteiger partial charge in [0.15, 0.2) is 11.5 Å². The molecule has 142 valence electrons. The minimum atomic E-state index is -0.0956. The van der Waals surface area contributed by atoms with Crippen LogP contribution >= 0.6 is 0 Å². The standard InChI is InChI=1S/C21H24N2O4/c1-13-18-10-20(26-3)19(25-2)9-14(18)6-7-23(13)21(24)22-17-5-4-15-11-27-12-16(15)8-17/h4-5,8-10,13H,6-7,11-12H2,1-3H3,(H,22,24). The van der Waals surface area contributed by atoms with Crippen molar-refractivity contribution < 1.29 is 19.0 Å². The highest BCUT2D eigenvalue weighted by Crippen LogP contribution is 2.38. The summed E-state index contributed by atoms with van der Waals surface area (Å²) >= 11 is 0. The number of hydrogen-bond acceptors (Lipinski definition) is 4. The van der Waals surface area contributed by atoms with Crippen LogP contribution < -0.4 is 14.8 Å². The summed E-state index contributed by atoms with van der Waals surface area (Å²) in [6, 6.07) is 9.79. The molecule has 1 unspecified atom stereocenters. The highest BCUT2D eigenvalue weighted by Gasteiger charge is 2.29. The van der Waals surface area contributed by atoms with E-state index in [1.54, 1.807) is 14.2 Å². The fourth-order valence-corrected chi connectivity index (χ4v) is 3.87. The van der Waals surface area contributed by atoms with Crippen LogP contribution in [0.2, 0.25) is 0 Å². The van der Waals surface area contributed by atoms with E-state index in [2.05, 4.69) is 5.32 Å². The lowest BCUT2D eigenvalue weighted by Crippen LogP contribution is -2.41. The number of carbonyl (C=O) groups excluding carboxylic acids is 1. The maximum absolute atomic E-state index is 12.9. The molecule has 1 N–H and O–H groups in total. The van der Waals surface area contributed by atoms with E-state index < -0.39 is 0 Å². The molecule has 2 aliphatic heterocycles. The van der Waals surface area contributed by atoms with Crippen LogP contribution in [0.1, 0.15) is 35.2 Å². The van der Waals surface area contributed by atoms with Crippen LogP contribution in [0.25, 0.3) is 0 Å². The third kappa shape index (κ3) is 3.21. The van der Waals surface area contributed by atoms with E-state index in [-0.39, 0.29) is 12.1 Å². The minimum absolute atomic E-state index is 0.0497. The van der Waals surface area contributed by atoms with Gasteiger partial charge in [0.1, 0.15) is 0 Å². The van der Waals surface area contributed by atoms with Crippen LogP contribution in [0.4, 0.5) is 10.5 Å². The Morgan fingerprint density at radius 1 is 1.07 bits per heavy atom. The van der Waals surface area contributed by atoms with Crippen molar-refractivity contribution in [1.29, 1.82) is 0 Å². The zero-order valence-corrected chi connectivity index (χ0v) is 15.9. The lowest BCUT2D eigenvalue weighted by atomic mass is 9.93. The molecule has 0 saturated carbocycles. The van der Waals surface area contributed by atoms with Gasteiger partial charge in [0.25, 0.3) is 0 Å². The maximum atomic E-state index is 12.9. The monoisotopic (exact) mass is 368 g/mol. The summed E-state index contributed by atoms with van der Waals surface area (Å²) in [4.78, 5) is 14.8. The Balaban J connectivity index is 1.54. The Hall–Kier alpha value is -2.73. The molecular formula is C21H24N2O4. The fraction of sp³-hybridized carbons (Fsp3) is 0.381. The van der Waals surface area contributed by atoms with Gasteiger partial charge in [-0.3, -0.25) is 0 Å². The van der Waals surface area contributed by atoms with Gasteiger partial charge in [-0.25, -0.2) is 4.79 Å². The Kier molecular flexibility index (Phi) is 4.66. The lowest BCUT2D eigenvalue weighted by Gasteiger charge is -2.35. The Morgan fingerprint density at radius 2 is 1.81 bits per heavy atom. The highest BCUT2D eigenvalue weighted by molar-refractivity contribution is 5.90. The molecular weight excluding hydrogens is 344 g/mol. The number of methoxy groups -OCH3 is 2. The van der Waals surface area contributed by atoms with Crippen molar-refractivity contribution in [3.8, 4) is 11.5 Å². The van der Waals surface area contributed by atoms with E-state index in [9.17, 15) is 4.79 Å². The summed E-state index contributed by atoms with van der Waals surface area (Å²) in [5, 5.41) is 3.03. The third-order valence-corrected chi connectivity index (χ3v) is 5.42.